The molecule has 0 saturated heterocycles. The predicted molar refractivity (Wildman–Crippen MR) is 65.1 cm³/mol. The first-order valence-electron chi connectivity index (χ1n) is 6.05. The van der Waals surface area contributed by atoms with Crippen LogP contribution in [-0.4, -0.2) is 17.1 Å². The third-order valence-electron chi connectivity index (χ3n) is 4.13. The Morgan fingerprint density at radius 1 is 1.69 bits per heavy atom. The van der Waals surface area contributed by atoms with Crippen LogP contribution < -0.4 is 5.73 Å². The van der Waals surface area contributed by atoms with Gasteiger partial charge >= 0.3 is 5.97 Å². The normalized spacial score (nSPS) is 23.8. The van der Waals surface area contributed by atoms with Gasteiger partial charge in [0, 0.05) is 0 Å². The fourth-order valence-electron chi connectivity index (χ4n) is 2.29. The molecule has 0 amide bonds. The van der Waals surface area contributed by atoms with E-state index >= 15 is 0 Å². The summed E-state index contributed by atoms with van der Waals surface area (Å²) >= 11 is 0. The van der Waals surface area contributed by atoms with Crippen LogP contribution in [0.4, 0.5) is 0 Å². The summed E-state index contributed by atoms with van der Waals surface area (Å²) in [6.45, 7) is 6.78. The number of rotatable bonds is 4. The number of hydrogen-bond donors (Lipinski definition) is 2. The second kappa shape index (κ2) is 5.00. The Morgan fingerprint density at radius 3 is 2.69 bits per heavy atom. The highest BCUT2D eigenvalue weighted by Gasteiger charge is 2.30. The Bertz CT molecular complexity index is 294. The molecule has 2 unspecified atom stereocenters. The fraction of sp³-hybridized carbons (Fsp3) is 0.769. The molecule has 0 radical (unpaired) electrons. The minimum absolute atomic E-state index is 0.343. The largest absolute Gasteiger partial charge is 0.480 e. The van der Waals surface area contributed by atoms with E-state index in [0.717, 1.165) is 31.3 Å². The van der Waals surface area contributed by atoms with E-state index < -0.39 is 12.0 Å². The minimum Gasteiger partial charge on any atom is -0.480 e. The van der Waals surface area contributed by atoms with E-state index in [2.05, 4.69) is 20.8 Å². The van der Waals surface area contributed by atoms with Crippen molar-refractivity contribution in [1.82, 2.24) is 0 Å². The topological polar surface area (TPSA) is 63.3 Å². The number of aliphatic carboxylic acids is 1. The lowest BCUT2D eigenvalue weighted by Gasteiger charge is -2.36. The number of hydrogen-bond acceptors (Lipinski definition) is 2. The molecule has 3 N–H and O–H groups in total. The molecule has 0 aromatic rings. The Kier molecular flexibility index (Phi) is 4.14. The molecule has 1 rings (SSSR count). The molecule has 0 aromatic carbocycles. The smallest absolute Gasteiger partial charge is 0.324 e. The van der Waals surface area contributed by atoms with Crippen LogP contribution in [0.2, 0.25) is 0 Å². The van der Waals surface area contributed by atoms with Gasteiger partial charge in [0.2, 0.25) is 0 Å². The second-order valence-electron chi connectivity index (χ2n) is 5.41. The molecule has 0 fully saturated rings. The highest BCUT2D eigenvalue weighted by Crippen LogP contribution is 2.40. The molecule has 3 nitrogen and oxygen atoms in total. The first-order valence-corrected chi connectivity index (χ1v) is 6.05. The summed E-state index contributed by atoms with van der Waals surface area (Å²) < 4.78 is 0. The summed E-state index contributed by atoms with van der Waals surface area (Å²) in [5, 5.41) is 8.84. The van der Waals surface area contributed by atoms with Gasteiger partial charge in [-0.1, -0.05) is 33.3 Å². The van der Waals surface area contributed by atoms with Crippen molar-refractivity contribution >= 4 is 5.97 Å². The van der Waals surface area contributed by atoms with Gasteiger partial charge in [0.1, 0.15) is 6.04 Å². The van der Waals surface area contributed by atoms with Gasteiger partial charge in [0.25, 0.3) is 0 Å². The van der Waals surface area contributed by atoms with Crippen LogP contribution >= 0.6 is 0 Å². The molecule has 0 saturated carbocycles. The molecular weight excluding hydrogens is 202 g/mol. The van der Waals surface area contributed by atoms with E-state index in [-0.39, 0.29) is 0 Å². The predicted octanol–water partition coefficient (Wildman–Crippen LogP) is 2.56. The van der Waals surface area contributed by atoms with Gasteiger partial charge in [-0.15, -0.1) is 0 Å². The quantitative estimate of drug-likeness (QED) is 0.723. The average molecular weight is 225 g/mol. The molecule has 92 valence electrons. The molecule has 0 spiro atoms. The van der Waals surface area contributed by atoms with Crippen molar-refractivity contribution in [3.05, 3.63) is 11.6 Å². The zero-order valence-electron chi connectivity index (χ0n) is 10.5. The Balaban J connectivity index is 2.65. The van der Waals surface area contributed by atoms with Crippen molar-refractivity contribution in [3.8, 4) is 0 Å². The lowest BCUT2D eigenvalue weighted by Crippen LogP contribution is -2.34. The van der Waals surface area contributed by atoms with Crippen molar-refractivity contribution < 1.29 is 9.90 Å². The van der Waals surface area contributed by atoms with Crippen LogP contribution in [0.15, 0.2) is 11.6 Å². The molecule has 0 bridgehead atoms. The molecule has 16 heavy (non-hydrogen) atoms. The lowest BCUT2D eigenvalue weighted by molar-refractivity contribution is -0.137. The van der Waals surface area contributed by atoms with Crippen LogP contribution in [0.1, 0.15) is 46.5 Å². The van der Waals surface area contributed by atoms with Crippen molar-refractivity contribution in [2.45, 2.75) is 52.5 Å². The standard InChI is InChI=1S/C13H23NO2/c1-4-13(2,3)10-7-5-9(6-8-10)11(14)12(15)16/h5,10-11H,4,6-8,14H2,1-3H3,(H,15,16). The van der Waals surface area contributed by atoms with Crippen molar-refractivity contribution in [1.29, 1.82) is 0 Å². The average Bonchev–Trinajstić information content (AvgIpc) is 2.28. The van der Waals surface area contributed by atoms with E-state index in [4.69, 9.17) is 10.8 Å². The van der Waals surface area contributed by atoms with Crippen LogP contribution in [0.3, 0.4) is 0 Å². The highest BCUT2D eigenvalue weighted by atomic mass is 16.4. The maximum Gasteiger partial charge on any atom is 0.324 e. The second-order valence-corrected chi connectivity index (χ2v) is 5.41. The molecule has 0 aliphatic heterocycles. The Morgan fingerprint density at radius 2 is 2.31 bits per heavy atom. The molecule has 1 aliphatic carbocycles. The van der Waals surface area contributed by atoms with E-state index in [9.17, 15) is 4.79 Å². The minimum atomic E-state index is -0.917. The first kappa shape index (κ1) is 13.2. The van der Waals surface area contributed by atoms with Crippen molar-refractivity contribution in [2.24, 2.45) is 17.1 Å². The SMILES string of the molecule is CCC(C)(C)C1CC=C(C(N)C(=O)O)CC1. The number of carboxylic acids is 1. The van der Waals surface area contributed by atoms with Gasteiger partial charge in [-0.25, -0.2) is 0 Å². The maximum atomic E-state index is 10.8. The Labute approximate surface area is 97.7 Å². The van der Waals surface area contributed by atoms with E-state index in [1.165, 1.54) is 0 Å². The number of allylic oxidation sites excluding steroid dienone is 1. The highest BCUT2D eigenvalue weighted by molar-refractivity contribution is 5.77. The van der Waals surface area contributed by atoms with Gasteiger partial charge in [0.15, 0.2) is 0 Å². The van der Waals surface area contributed by atoms with Gasteiger partial charge < -0.3 is 10.8 Å². The maximum absolute atomic E-state index is 10.8. The first-order chi connectivity index (χ1) is 7.38. The zero-order valence-corrected chi connectivity index (χ0v) is 10.5. The lowest BCUT2D eigenvalue weighted by atomic mass is 9.70. The van der Waals surface area contributed by atoms with E-state index in [0.29, 0.717) is 11.3 Å². The van der Waals surface area contributed by atoms with Crippen LogP contribution in [0.5, 0.6) is 0 Å². The van der Waals surface area contributed by atoms with Crippen LogP contribution in [0, 0.1) is 11.3 Å². The van der Waals surface area contributed by atoms with Crippen molar-refractivity contribution in [2.75, 3.05) is 0 Å². The molecular formula is C13H23NO2. The summed E-state index contributed by atoms with van der Waals surface area (Å²) in [6.07, 6.45) is 6.07. The molecule has 0 heterocycles. The van der Waals surface area contributed by atoms with Gasteiger partial charge in [-0.05, 0) is 36.2 Å². The van der Waals surface area contributed by atoms with E-state index in [1.807, 2.05) is 6.08 Å². The summed E-state index contributed by atoms with van der Waals surface area (Å²) in [4.78, 5) is 10.8. The molecule has 3 heteroatoms. The number of nitrogens with two attached hydrogens (primary N) is 1. The van der Waals surface area contributed by atoms with Crippen LogP contribution in [-0.2, 0) is 4.79 Å². The number of carbonyl (C=O) groups is 1. The Hall–Kier alpha value is -0.830. The fourth-order valence-corrected chi connectivity index (χ4v) is 2.29. The molecule has 2 atom stereocenters. The summed E-state index contributed by atoms with van der Waals surface area (Å²) in [5.41, 5.74) is 6.85. The van der Waals surface area contributed by atoms with Gasteiger partial charge in [0.05, 0.1) is 0 Å². The van der Waals surface area contributed by atoms with Crippen molar-refractivity contribution in [3.63, 3.8) is 0 Å². The van der Waals surface area contributed by atoms with Gasteiger partial charge in [-0.3, -0.25) is 4.79 Å². The molecule has 1 aliphatic rings. The number of carboxylic acid groups (broad SMARTS) is 1. The van der Waals surface area contributed by atoms with E-state index in [1.54, 1.807) is 0 Å². The van der Waals surface area contributed by atoms with Crippen LogP contribution in [0.25, 0.3) is 0 Å². The third-order valence-corrected chi connectivity index (χ3v) is 4.13. The summed E-state index contributed by atoms with van der Waals surface area (Å²) in [7, 11) is 0. The monoisotopic (exact) mass is 225 g/mol. The summed E-state index contributed by atoms with van der Waals surface area (Å²) in [6, 6.07) is -0.800. The third kappa shape index (κ3) is 2.85. The molecule has 0 aromatic heterocycles. The summed E-state index contributed by atoms with van der Waals surface area (Å²) in [5.74, 6) is -0.262. The van der Waals surface area contributed by atoms with Gasteiger partial charge in [-0.2, -0.15) is 0 Å². The zero-order chi connectivity index (χ0) is 12.3.